The van der Waals surface area contributed by atoms with Crippen LogP contribution in [0.2, 0.25) is 0 Å². The molecule has 2 atom stereocenters. The molecule has 136 valence electrons. The van der Waals surface area contributed by atoms with E-state index in [1.807, 2.05) is 0 Å². The van der Waals surface area contributed by atoms with Crippen molar-refractivity contribution in [3.05, 3.63) is 54.2 Å². The van der Waals surface area contributed by atoms with Gasteiger partial charge in [0.25, 0.3) is 0 Å². The largest absolute Gasteiger partial charge is 0.372 e. The highest BCUT2D eigenvalue weighted by atomic mass is 16.5. The van der Waals surface area contributed by atoms with Crippen LogP contribution >= 0.6 is 0 Å². The second kappa shape index (κ2) is 6.69. The molecule has 1 aromatic heterocycles. The number of hydrogen-bond donors (Lipinski definition) is 1. The van der Waals surface area contributed by atoms with Gasteiger partial charge in [-0.1, -0.05) is 0 Å². The summed E-state index contributed by atoms with van der Waals surface area (Å²) in [6.45, 7) is 8.33. The number of anilines is 3. The summed E-state index contributed by atoms with van der Waals surface area (Å²) < 4.78 is 8.01. The number of nitrogens with one attached hydrogen (secondary N) is 1. The van der Waals surface area contributed by atoms with Crippen molar-refractivity contribution in [1.29, 1.82) is 0 Å². The molecular formula is C22H27N3O. The number of nitrogens with zero attached hydrogens (tertiary/aromatic N) is 2. The van der Waals surface area contributed by atoms with Gasteiger partial charge < -0.3 is 19.5 Å². The van der Waals surface area contributed by atoms with Gasteiger partial charge in [-0.05, 0) is 68.8 Å². The van der Waals surface area contributed by atoms with Gasteiger partial charge in [0, 0.05) is 54.3 Å². The number of hydrogen-bond acceptors (Lipinski definition) is 3. The van der Waals surface area contributed by atoms with E-state index in [-0.39, 0.29) is 12.2 Å². The molecule has 4 nitrogen and oxygen atoms in total. The van der Waals surface area contributed by atoms with Gasteiger partial charge in [0.15, 0.2) is 0 Å². The molecule has 2 heterocycles. The maximum Gasteiger partial charge on any atom is 0.0726 e. The van der Waals surface area contributed by atoms with Gasteiger partial charge in [0.2, 0.25) is 0 Å². The van der Waals surface area contributed by atoms with Crippen LogP contribution in [0, 0.1) is 6.92 Å². The first-order valence-electron chi connectivity index (χ1n) is 9.33. The van der Waals surface area contributed by atoms with Gasteiger partial charge in [-0.15, -0.1) is 0 Å². The smallest absolute Gasteiger partial charge is 0.0726 e. The first kappa shape index (κ1) is 17.0. The Kier molecular flexibility index (Phi) is 4.37. The lowest BCUT2D eigenvalue weighted by Gasteiger charge is -2.36. The highest BCUT2D eigenvalue weighted by Gasteiger charge is 2.22. The van der Waals surface area contributed by atoms with Gasteiger partial charge in [-0.25, -0.2) is 0 Å². The number of morpholine rings is 1. The zero-order chi connectivity index (χ0) is 18.3. The lowest BCUT2D eigenvalue weighted by Crippen LogP contribution is -2.45. The Morgan fingerprint density at radius 3 is 2.31 bits per heavy atom. The predicted octanol–water partition coefficient (Wildman–Crippen LogP) is 4.84. The molecule has 0 saturated carbocycles. The average Bonchev–Trinajstić information content (AvgIpc) is 2.88. The van der Waals surface area contributed by atoms with E-state index in [1.54, 1.807) is 0 Å². The molecule has 0 bridgehead atoms. The number of benzene rings is 2. The van der Waals surface area contributed by atoms with Crippen LogP contribution < -0.4 is 10.2 Å². The summed E-state index contributed by atoms with van der Waals surface area (Å²) in [7, 11) is 2.09. The molecule has 0 aliphatic carbocycles. The SMILES string of the molecule is Cc1cn(C)c2ccc(Nc3ccc(N4CC(C)OC(C)C4)cc3)cc12. The van der Waals surface area contributed by atoms with E-state index in [1.165, 1.54) is 22.2 Å². The molecule has 1 aliphatic heterocycles. The molecule has 1 fully saturated rings. The minimum atomic E-state index is 0.275. The Balaban J connectivity index is 1.51. The Bertz CT molecular complexity index is 903. The summed E-state index contributed by atoms with van der Waals surface area (Å²) in [5, 5.41) is 4.82. The van der Waals surface area contributed by atoms with Crippen LogP contribution in [0.1, 0.15) is 19.4 Å². The maximum absolute atomic E-state index is 5.83. The first-order chi connectivity index (χ1) is 12.5. The molecule has 2 unspecified atom stereocenters. The van der Waals surface area contributed by atoms with E-state index in [4.69, 9.17) is 4.74 Å². The van der Waals surface area contributed by atoms with Crippen molar-refractivity contribution in [1.82, 2.24) is 4.57 Å². The molecular weight excluding hydrogens is 322 g/mol. The lowest BCUT2D eigenvalue weighted by molar-refractivity contribution is -0.00521. The van der Waals surface area contributed by atoms with Gasteiger partial charge in [-0.3, -0.25) is 0 Å². The zero-order valence-corrected chi connectivity index (χ0v) is 16.0. The van der Waals surface area contributed by atoms with Gasteiger partial charge >= 0.3 is 0 Å². The summed E-state index contributed by atoms with van der Waals surface area (Å²) in [6, 6.07) is 15.2. The van der Waals surface area contributed by atoms with Gasteiger partial charge in [0.05, 0.1) is 12.2 Å². The fraction of sp³-hybridized carbons (Fsp3) is 0.364. The standard InChI is InChI=1S/C22H27N3O/c1-15-12-24(4)22-10-7-19(11-21(15)22)23-18-5-8-20(9-6-18)25-13-16(2)26-17(3)14-25/h5-12,16-17,23H,13-14H2,1-4H3. The summed E-state index contributed by atoms with van der Waals surface area (Å²) in [6.07, 6.45) is 2.72. The number of rotatable bonds is 3. The van der Waals surface area contributed by atoms with Crippen LogP contribution in [-0.4, -0.2) is 29.9 Å². The molecule has 0 radical (unpaired) electrons. The van der Waals surface area contributed by atoms with Crippen molar-refractivity contribution >= 4 is 28.0 Å². The number of ether oxygens (including phenoxy) is 1. The van der Waals surface area contributed by atoms with Crippen LogP contribution in [0.3, 0.4) is 0 Å². The number of fused-ring (bicyclic) bond motifs is 1. The molecule has 1 aliphatic rings. The molecule has 0 spiro atoms. The Morgan fingerprint density at radius 2 is 1.62 bits per heavy atom. The number of aryl methyl sites for hydroxylation is 2. The van der Waals surface area contributed by atoms with E-state index < -0.39 is 0 Å². The number of aromatic nitrogens is 1. The Morgan fingerprint density at radius 1 is 0.962 bits per heavy atom. The normalized spacial score (nSPS) is 20.5. The van der Waals surface area contributed by atoms with Gasteiger partial charge in [-0.2, -0.15) is 0 Å². The lowest BCUT2D eigenvalue weighted by atomic mass is 10.1. The maximum atomic E-state index is 5.83. The van der Waals surface area contributed by atoms with Crippen molar-refractivity contribution in [2.75, 3.05) is 23.3 Å². The summed E-state index contributed by atoms with van der Waals surface area (Å²) in [5.74, 6) is 0. The van der Waals surface area contributed by atoms with Crippen LogP contribution in [0.15, 0.2) is 48.7 Å². The van der Waals surface area contributed by atoms with Gasteiger partial charge in [0.1, 0.15) is 0 Å². The summed E-state index contributed by atoms with van der Waals surface area (Å²) >= 11 is 0. The molecule has 4 rings (SSSR count). The van der Waals surface area contributed by atoms with Crippen LogP contribution in [0.25, 0.3) is 10.9 Å². The fourth-order valence-electron chi connectivity index (χ4n) is 3.98. The molecule has 1 saturated heterocycles. The Hall–Kier alpha value is -2.46. The quantitative estimate of drug-likeness (QED) is 0.733. The van der Waals surface area contributed by atoms with E-state index in [0.29, 0.717) is 0 Å². The van der Waals surface area contributed by atoms with E-state index in [9.17, 15) is 0 Å². The van der Waals surface area contributed by atoms with Crippen LogP contribution in [0.5, 0.6) is 0 Å². The second-order valence-corrected chi connectivity index (χ2v) is 7.49. The molecule has 2 aromatic carbocycles. The third-order valence-corrected chi connectivity index (χ3v) is 5.13. The van der Waals surface area contributed by atoms with Crippen molar-refractivity contribution in [3.63, 3.8) is 0 Å². The Labute approximate surface area is 155 Å². The summed E-state index contributed by atoms with van der Waals surface area (Å²) in [4.78, 5) is 2.40. The third-order valence-electron chi connectivity index (χ3n) is 5.13. The topological polar surface area (TPSA) is 29.4 Å². The fourth-order valence-corrected chi connectivity index (χ4v) is 3.98. The van der Waals surface area contributed by atoms with Crippen molar-refractivity contribution in [2.45, 2.75) is 33.0 Å². The molecule has 1 N–H and O–H groups in total. The minimum Gasteiger partial charge on any atom is -0.372 e. The predicted molar refractivity (Wildman–Crippen MR) is 110 cm³/mol. The highest BCUT2D eigenvalue weighted by molar-refractivity contribution is 5.87. The van der Waals surface area contributed by atoms with Crippen molar-refractivity contribution in [3.8, 4) is 0 Å². The van der Waals surface area contributed by atoms with Crippen LogP contribution in [0.4, 0.5) is 17.1 Å². The first-order valence-corrected chi connectivity index (χ1v) is 9.33. The monoisotopic (exact) mass is 349 g/mol. The van der Waals surface area contributed by atoms with E-state index >= 15 is 0 Å². The highest BCUT2D eigenvalue weighted by Crippen LogP contribution is 2.27. The molecule has 26 heavy (non-hydrogen) atoms. The van der Waals surface area contributed by atoms with E-state index in [0.717, 1.165) is 24.5 Å². The van der Waals surface area contributed by atoms with E-state index in [2.05, 4.69) is 91.3 Å². The zero-order valence-electron chi connectivity index (χ0n) is 16.0. The molecule has 4 heteroatoms. The van der Waals surface area contributed by atoms with Crippen molar-refractivity contribution in [2.24, 2.45) is 7.05 Å². The summed E-state index contributed by atoms with van der Waals surface area (Å²) in [5.41, 5.74) is 6.05. The second-order valence-electron chi connectivity index (χ2n) is 7.49. The molecule has 3 aromatic rings. The average molecular weight is 349 g/mol. The third kappa shape index (κ3) is 3.29. The minimum absolute atomic E-state index is 0.275. The molecule has 0 amide bonds. The van der Waals surface area contributed by atoms with Crippen molar-refractivity contribution < 1.29 is 4.74 Å². The van der Waals surface area contributed by atoms with Crippen LogP contribution in [-0.2, 0) is 11.8 Å².